The fourth-order valence-corrected chi connectivity index (χ4v) is 4.09. The van der Waals surface area contributed by atoms with Crippen molar-refractivity contribution in [1.82, 2.24) is 5.32 Å². The highest BCUT2D eigenvalue weighted by Crippen LogP contribution is 2.39. The summed E-state index contributed by atoms with van der Waals surface area (Å²) in [5.41, 5.74) is 6.14. The molecule has 1 aromatic carbocycles. The molecule has 2 bridgehead atoms. The Kier molecular flexibility index (Phi) is 5.70. The number of fused-ring (bicyclic) bond motifs is 2. The summed E-state index contributed by atoms with van der Waals surface area (Å²) in [4.78, 5) is 12.3. The summed E-state index contributed by atoms with van der Waals surface area (Å²) in [6, 6.07) is 4.52. The molecular weight excluding hydrogens is 326 g/mol. The molecule has 1 aromatic rings. The van der Waals surface area contributed by atoms with E-state index >= 15 is 0 Å². The molecule has 2 unspecified atom stereocenters. The molecule has 2 atom stereocenters. The van der Waals surface area contributed by atoms with Crippen molar-refractivity contribution in [3.63, 3.8) is 0 Å². The molecular formula is C16H21Cl2FN2O. The van der Waals surface area contributed by atoms with Crippen LogP contribution < -0.4 is 11.1 Å². The van der Waals surface area contributed by atoms with Crippen LogP contribution in [0.5, 0.6) is 0 Å². The highest BCUT2D eigenvalue weighted by molar-refractivity contribution is 6.30. The van der Waals surface area contributed by atoms with E-state index in [0.717, 1.165) is 25.7 Å². The number of carbonyl (C=O) groups excluding carboxylic acids is 1. The number of carbonyl (C=O) groups is 1. The van der Waals surface area contributed by atoms with E-state index in [-0.39, 0.29) is 36.0 Å². The summed E-state index contributed by atoms with van der Waals surface area (Å²) in [6.07, 6.45) is 5.29. The monoisotopic (exact) mass is 346 g/mol. The summed E-state index contributed by atoms with van der Waals surface area (Å²) >= 11 is 5.72. The third-order valence-electron chi connectivity index (χ3n) is 4.85. The first kappa shape index (κ1) is 17.5. The van der Waals surface area contributed by atoms with Crippen molar-refractivity contribution in [2.75, 3.05) is 0 Å². The van der Waals surface area contributed by atoms with Gasteiger partial charge in [-0.3, -0.25) is 4.79 Å². The highest BCUT2D eigenvalue weighted by Gasteiger charge is 2.40. The average molecular weight is 347 g/mol. The first-order valence-corrected chi connectivity index (χ1v) is 7.94. The molecule has 3 N–H and O–H groups in total. The van der Waals surface area contributed by atoms with Gasteiger partial charge in [0.25, 0.3) is 5.91 Å². The van der Waals surface area contributed by atoms with Gasteiger partial charge in [-0.1, -0.05) is 18.0 Å². The van der Waals surface area contributed by atoms with Crippen LogP contribution in [0.4, 0.5) is 4.39 Å². The zero-order chi connectivity index (χ0) is 15.0. The van der Waals surface area contributed by atoms with Gasteiger partial charge >= 0.3 is 0 Å². The maximum atomic E-state index is 13.8. The first-order valence-electron chi connectivity index (χ1n) is 7.56. The Morgan fingerprint density at radius 1 is 1.27 bits per heavy atom. The molecule has 2 saturated carbocycles. The third-order valence-corrected chi connectivity index (χ3v) is 5.09. The lowest BCUT2D eigenvalue weighted by atomic mass is 9.67. The SMILES string of the molecule is Cl.NC1CC2CCCC(C1)C2NC(=O)c1ccc(Cl)cc1F. The molecule has 0 saturated heterocycles. The number of hydrogen-bond acceptors (Lipinski definition) is 2. The van der Waals surface area contributed by atoms with Gasteiger partial charge in [0.2, 0.25) is 0 Å². The first-order chi connectivity index (χ1) is 10.0. The van der Waals surface area contributed by atoms with E-state index in [2.05, 4.69) is 5.32 Å². The molecule has 22 heavy (non-hydrogen) atoms. The van der Waals surface area contributed by atoms with Crippen LogP contribution in [0.2, 0.25) is 5.02 Å². The van der Waals surface area contributed by atoms with Gasteiger partial charge < -0.3 is 11.1 Å². The number of halogens is 3. The molecule has 2 aliphatic carbocycles. The van der Waals surface area contributed by atoms with Crippen LogP contribution in [0.25, 0.3) is 0 Å². The zero-order valence-corrected chi connectivity index (χ0v) is 13.8. The van der Waals surface area contributed by atoms with Gasteiger partial charge in [0.1, 0.15) is 5.82 Å². The molecule has 2 aliphatic rings. The normalized spacial score (nSPS) is 30.3. The highest BCUT2D eigenvalue weighted by atomic mass is 35.5. The molecule has 3 rings (SSSR count). The van der Waals surface area contributed by atoms with Crippen molar-refractivity contribution in [3.05, 3.63) is 34.6 Å². The van der Waals surface area contributed by atoms with E-state index in [0.29, 0.717) is 16.9 Å². The Labute approximate surface area is 141 Å². The van der Waals surface area contributed by atoms with Crippen LogP contribution in [0.3, 0.4) is 0 Å². The molecule has 0 aliphatic heterocycles. The van der Waals surface area contributed by atoms with Crippen molar-refractivity contribution in [2.24, 2.45) is 17.6 Å². The smallest absolute Gasteiger partial charge is 0.254 e. The number of rotatable bonds is 2. The molecule has 0 radical (unpaired) electrons. The lowest BCUT2D eigenvalue weighted by molar-refractivity contribution is 0.0752. The minimum Gasteiger partial charge on any atom is -0.349 e. The Morgan fingerprint density at radius 3 is 2.50 bits per heavy atom. The number of benzene rings is 1. The van der Waals surface area contributed by atoms with Gasteiger partial charge in [0.05, 0.1) is 5.56 Å². The van der Waals surface area contributed by atoms with Gasteiger partial charge in [-0.25, -0.2) is 4.39 Å². The second kappa shape index (κ2) is 7.16. The van der Waals surface area contributed by atoms with E-state index in [1.54, 1.807) is 0 Å². The quantitative estimate of drug-likeness (QED) is 0.860. The molecule has 122 valence electrons. The molecule has 0 heterocycles. The summed E-state index contributed by atoms with van der Waals surface area (Å²) < 4.78 is 13.8. The van der Waals surface area contributed by atoms with Crippen LogP contribution >= 0.6 is 24.0 Å². The maximum absolute atomic E-state index is 13.8. The topological polar surface area (TPSA) is 55.1 Å². The average Bonchev–Trinajstić information content (AvgIpc) is 2.39. The van der Waals surface area contributed by atoms with Crippen LogP contribution in [0, 0.1) is 17.7 Å². The maximum Gasteiger partial charge on any atom is 0.254 e. The molecule has 0 aromatic heterocycles. The fraction of sp³-hybridized carbons (Fsp3) is 0.562. The van der Waals surface area contributed by atoms with Gasteiger partial charge in [-0.05, 0) is 55.7 Å². The summed E-state index contributed by atoms with van der Waals surface area (Å²) in [5.74, 6) is -0.0715. The molecule has 0 spiro atoms. The number of hydrogen-bond donors (Lipinski definition) is 2. The second-order valence-corrected chi connectivity index (χ2v) is 6.74. The molecule has 3 nitrogen and oxygen atoms in total. The van der Waals surface area contributed by atoms with Gasteiger partial charge in [-0.2, -0.15) is 0 Å². The predicted molar refractivity (Wildman–Crippen MR) is 88.0 cm³/mol. The lowest BCUT2D eigenvalue weighted by Crippen LogP contribution is -2.53. The van der Waals surface area contributed by atoms with Crippen LogP contribution in [-0.2, 0) is 0 Å². The fourth-order valence-electron chi connectivity index (χ4n) is 3.93. The van der Waals surface area contributed by atoms with Crippen molar-refractivity contribution in [2.45, 2.75) is 44.2 Å². The molecule has 6 heteroatoms. The Hall–Kier alpha value is -0.840. The Morgan fingerprint density at radius 2 is 1.91 bits per heavy atom. The number of nitrogens with two attached hydrogens (primary N) is 1. The summed E-state index contributed by atoms with van der Waals surface area (Å²) in [5, 5.41) is 3.34. The Bertz CT molecular complexity index is 541. The van der Waals surface area contributed by atoms with E-state index in [1.165, 1.54) is 24.6 Å². The van der Waals surface area contributed by atoms with Crippen molar-refractivity contribution < 1.29 is 9.18 Å². The van der Waals surface area contributed by atoms with Crippen LogP contribution in [0.1, 0.15) is 42.5 Å². The zero-order valence-electron chi connectivity index (χ0n) is 12.2. The summed E-state index contributed by atoms with van der Waals surface area (Å²) in [6.45, 7) is 0. The lowest BCUT2D eigenvalue weighted by Gasteiger charge is -2.45. The number of nitrogens with one attached hydrogen (secondary N) is 1. The van der Waals surface area contributed by atoms with E-state index < -0.39 is 5.82 Å². The minimum atomic E-state index is -0.572. The minimum absolute atomic E-state index is 0. The van der Waals surface area contributed by atoms with E-state index in [1.807, 2.05) is 0 Å². The standard InChI is InChI=1S/C16H20ClFN2O.ClH/c17-11-4-5-13(14(18)8-11)16(21)20-15-9-2-1-3-10(15)7-12(19)6-9;/h4-5,8-10,12,15H,1-3,6-7,19H2,(H,20,21);1H. The number of amides is 1. The van der Waals surface area contributed by atoms with Gasteiger partial charge in [0.15, 0.2) is 0 Å². The van der Waals surface area contributed by atoms with Crippen LogP contribution in [-0.4, -0.2) is 18.0 Å². The van der Waals surface area contributed by atoms with Crippen molar-refractivity contribution >= 4 is 29.9 Å². The van der Waals surface area contributed by atoms with Gasteiger partial charge in [-0.15, -0.1) is 12.4 Å². The molecule has 1 amide bonds. The Balaban J connectivity index is 0.00000176. The molecule has 2 fully saturated rings. The largest absolute Gasteiger partial charge is 0.349 e. The van der Waals surface area contributed by atoms with Crippen molar-refractivity contribution in [1.29, 1.82) is 0 Å². The van der Waals surface area contributed by atoms with E-state index in [9.17, 15) is 9.18 Å². The third kappa shape index (κ3) is 3.55. The predicted octanol–water partition coefficient (Wildman–Crippen LogP) is 3.54. The van der Waals surface area contributed by atoms with E-state index in [4.69, 9.17) is 17.3 Å². The second-order valence-electron chi connectivity index (χ2n) is 6.31. The van der Waals surface area contributed by atoms with Crippen molar-refractivity contribution in [3.8, 4) is 0 Å². The summed E-state index contributed by atoms with van der Waals surface area (Å²) in [7, 11) is 0. The van der Waals surface area contributed by atoms with Crippen LogP contribution in [0.15, 0.2) is 18.2 Å². The van der Waals surface area contributed by atoms with Gasteiger partial charge in [0, 0.05) is 17.1 Å².